The van der Waals surface area contributed by atoms with Crippen LogP contribution in [0.15, 0.2) is 36.4 Å². The summed E-state index contributed by atoms with van der Waals surface area (Å²) in [5.74, 6) is 0.610. The highest BCUT2D eigenvalue weighted by molar-refractivity contribution is 5.98. The molecular formula is C26H33NO3. The van der Waals surface area contributed by atoms with Crippen molar-refractivity contribution in [3.05, 3.63) is 58.8 Å². The third-order valence-electron chi connectivity index (χ3n) is 6.03. The molecule has 3 N–H and O–H groups in total. The highest BCUT2D eigenvalue weighted by atomic mass is 16.3. The monoisotopic (exact) mass is 407 g/mol. The first kappa shape index (κ1) is 22.3. The molecule has 1 aromatic heterocycles. The minimum atomic E-state index is 0.152. The van der Waals surface area contributed by atoms with Crippen molar-refractivity contribution in [2.45, 2.75) is 58.3 Å². The minimum Gasteiger partial charge on any atom is -0.396 e. The molecular weight excluding hydrogens is 374 g/mol. The van der Waals surface area contributed by atoms with Gasteiger partial charge in [0.2, 0.25) is 0 Å². The van der Waals surface area contributed by atoms with Gasteiger partial charge in [-0.05, 0) is 66.5 Å². The van der Waals surface area contributed by atoms with Gasteiger partial charge in [0.25, 0.3) is 0 Å². The molecule has 0 aliphatic carbocycles. The van der Waals surface area contributed by atoms with Gasteiger partial charge in [-0.2, -0.15) is 0 Å². The molecule has 3 rings (SSSR count). The number of aromatic nitrogens is 1. The molecule has 0 aliphatic heterocycles. The number of aliphatic hydroxyl groups excluding tert-OH is 2. The number of rotatable bonds is 10. The molecule has 0 bridgehead atoms. The van der Waals surface area contributed by atoms with Crippen molar-refractivity contribution in [3.8, 4) is 11.1 Å². The van der Waals surface area contributed by atoms with Crippen molar-refractivity contribution in [2.24, 2.45) is 0 Å². The van der Waals surface area contributed by atoms with Crippen LogP contribution in [0, 0.1) is 0 Å². The van der Waals surface area contributed by atoms with Gasteiger partial charge >= 0.3 is 0 Å². The molecule has 1 atom stereocenters. The van der Waals surface area contributed by atoms with Crippen LogP contribution in [0.2, 0.25) is 0 Å². The predicted octanol–water partition coefficient (Wildman–Crippen LogP) is 5.57. The zero-order valence-corrected chi connectivity index (χ0v) is 18.2. The highest BCUT2D eigenvalue weighted by Gasteiger charge is 2.21. The normalized spacial score (nSPS) is 12.6. The number of nitrogens with one attached hydrogen (secondary N) is 1. The largest absolute Gasteiger partial charge is 0.396 e. The Kier molecular flexibility index (Phi) is 7.46. The number of carbonyl (C=O) groups excluding carboxylic acids is 1. The van der Waals surface area contributed by atoms with Gasteiger partial charge < -0.3 is 15.2 Å². The molecule has 3 aromatic rings. The lowest BCUT2D eigenvalue weighted by atomic mass is 9.90. The van der Waals surface area contributed by atoms with Crippen LogP contribution in [-0.2, 0) is 6.42 Å². The Balaban J connectivity index is 2.32. The first-order chi connectivity index (χ1) is 14.5. The summed E-state index contributed by atoms with van der Waals surface area (Å²) in [5, 5.41) is 20.3. The average Bonchev–Trinajstić information content (AvgIpc) is 3.13. The zero-order chi connectivity index (χ0) is 21.7. The third-order valence-corrected chi connectivity index (χ3v) is 6.03. The molecule has 1 heterocycles. The van der Waals surface area contributed by atoms with Gasteiger partial charge in [-0.25, -0.2) is 0 Å². The van der Waals surface area contributed by atoms with E-state index in [-0.39, 0.29) is 19.1 Å². The van der Waals surface area contributed by atoms with Crippen molar-refractivity contribution in [1.29, 1.82) is 0 Å². The van der Waals surface area contributed by atoms with Gasteiger partial charge in [0.05, 0.1) is 5.52 Å². The van der Waals surface area contributed by atoms with Crippen LogP contribution < -0.4 is 0 Å². The first-order valence-electron chi connectivity index (χ1n) is 11.0. The summed E-state index contributed by atoms with van der Waals surface area (Å²) >= 11 is 0. The van der Waals surface area contributed by atoms with E-state index in [0.29, 0.717) is 24.3 Å². The molecule has 2 aromatic carbocycles. The number of fused-ring (bicyclic) bond motifs is 1. The second-order valence-electron chi connectivity index (χ2n) is 8.35. The van der Waals surface area contributed by atoms with Gasteiger partial charge in [0.15, 0.2) is 0 Å². The Morgan fingerprint density at radius 1 is 1.10 bits per heavy atom. The predicted molar refractivity (Wildman–Crippen MR) is 123 cm³/mol. The van der Waals surface area contributed by atoms with E-state index in [2.05, 4.69) is 37.9 Å². The molecule has 1 unspecified atom stereocenters. The average molecular weight is 408 g/mol. The smallest absolute Gasteiger partial charge is 0.150 e. The van der Waals surface area contributed by atoms with Gasteiger partial charge in [-0.15, -0.1) is 0 Å². The van der Waals surface area contributed by atoms with Crippen molar-refractivity contribution in [2.75, 3.05) is 13.2 Å². The van der Waals surface area contributed by atoms with E-state index in [4.69, 9.17) is 0 Å². The van der Waals surface area contributed by atoms with Gasteiger partial charge in [-0.3, -0.25) is 4.79 Å². The molecule has 160 valence electrons. The fourth-order valence-corrected chi connectivity index (χ4v) is 4.31. The van der Waals surface area contributed by atoms with Crippen molar-refractivity contribution < 1.29 is 15.0 Å². The Hall–Kier alpha value is -2.43. The Morgan fingerprint density at radius 3 is 2.53 bits per heavy atom. The highest BCUT2D eigenvalue weighted by Crippen LogP contribution is 2.39. The summed E-state index contributed by atoms with van der Waals surface area (Å²) in [7, 11) is 0. The lowest BCUT2D eigenvalue weighted by Gasteiger charge is -2.15. The van der Waals surface area contributed by atoms with Crippen LogP contribution >= 0.6 is 0 Å². The molecule has 0 amide bonds. The fourth-order valence-electron chi connectivity index (χ4n) is 4.31. The Labute approximate surface area is 179 Å². The van der Waals surface area contributed by atoms with Crippen LogP contribution in [0.5, 0.6) is 0 Å². The molecule has 0 saturated heterocycles. The topological polar surface area (TPSA) is 73.3 Å². The van der Waals surface area contributed by atoms with E-state index in [1.807, 2.05) is 24.3 Å². The number of aldehydes is 1. The third kappa shape index (κ3) is 4.50. The van der Waals surface area contributed by atoms with Gasteiger partial charge in [0, 0.05) is 41.3 Å². The summed E-state index contributed by atoms with van der Waals surface area (Å²) in [6, 6.07) is 12.2. The van der Waals surface area contributed by atoms with Crippen LogP contribution in [0.1, 0.15) is 79.0 Å². The summed E-state index contributed by atoms with van der Waals surface area (Å²) < 4.78 is 0. The molecule has 0 fully saturated rings. The number of hydrogen-bond donors (Lipinski definition) is 3. The second-order valence-corrected chi connectivity index (χ2v) is 8.35. The van der Waals surface area contributed by atoms with E-state index >= 15 is 0 Å². The van der Waals surface area contributed by atoms with E-state index in [9.17, 15) is 15.0 Å². The quantitative estimate of drug-likeness (QED) is 0.385. The zero-order valence-electron chi connectivity index (χ0n) is 18.2. The lowest BCUT2D eigenvalue weighted by molar-refractivity contribution is 0.112. The molecule has 4 heteroatoms. The van der Waals surface area contributed by atoms with Crippen LogP contribution in [-0.4, -0.2) is 34.7 Å². The lowest BCUT2D eigenvalue weighted by Crippen LogP contribution is -2.04. The van der Waals surface area contributed by atoms with Crippen LogP contribution in [0.25, 0.3) is 22.0 Å². The maximum absolute atomic E-state index is 11.4. The molecule has 30 heavy (non-hydrogen) atoms. The maximum Gasteiger partial charge on any atom is 0.150 e. The van der Waals surface area contributed by atoms with Crippen molar-refractivity contribution in [1.82, 2.24) is 4.98 Å². The number of aliphatic hydroxyl groups is 2. The SMILES string of the molecule is CCC(CCO)c1[nH]c2c(-c3cccc(C=O)c3)cc(C(C)C)cc2c1CCCO. The molecule has 0 saturated carbocycles. The first-order valence-corrected chi connectivity index (χ1v) is 11.0. The minimum absolute atomic E-state index is 0.152. The molecule has 0 spiro atoms. The summed E-state index contributed by atoms with van der Waals surface area (Å²) in [4.78, 5) is 15.0. The number of H-pyrrole nitrogens is 1. The summed E-state index contributed by atoms with van der Waals surface area (Å²) in [6.07, 6.45) is 4.03. The van der Waals surface area contributed by atoms with E-state index < -0.39 is 0 Å². The summed E-state index contributed by atoms with van der Waals surface area (Å²) in [6.45, 7) is 6.83. The fraction of sp³-hybridized carbons (Fsp3) is 0.423. The number of benzene rings is 2. The maximum atomic E-state index is 11.4. The van der Waals surface area contributed by atoms with Crippen molar-refractivity contribution >= 4 is 17.2 Å². The molecule has 4 nitrogen and oxygen atoms in total. The second kappa shape index (κ2) is 10.1. The Morgan fingerprint density at radius 2 is 1.90 bits per heavy atom. The van der Waals surface area contributed by atoms with Crippen LogP contribution in [0.3, 0.4) is 0 Å². The molecule has 0 radical (unpaired) electrons. The van der Waals surface area contributed by atoms with Gasteiger partial charge in [-0.1, -0.05) is 39.0 Å². The van der Waals surface area contributed by atoms with Crippen molar-refractivity contribution in [3.63, 3.8) is 0 Å². The number of aryl methyl sites for hydroxylation is 1. The Bertz CT molecular complexity index is 1000. The van der Waals surface area contributed by atoms with E-state index in [1.165, 1.54) is 22.2 Å². The summed E-state index contributed by atoms with van der Waals surface area (Å²) in [5.41, 5.74) is 7.51. The standard InChI is InChI=1S/C26H33NO3/c1-4-19(10-12-29)25-22(9-6-11-28)24-15-21(17(2)3)14-23(26(24)27-25)20-8-5-7-18(13-20)16-30/h5,7-8,13-17,19,27-29H,4,6,9-12H2,1-3H3. The van der Waals surface area contributed by atoms with Gasteiger partial charge in [0.1, 0.15) is 6.29 Å². The molecule has 0 aliphatic rings. The number of aromatic amines is 1. The number of carbonyl (C=O) groups is 1. The number of hydrogen-bond acceptors (Lipinski definition) is 3. The van der Waals surface area contributed by atoms with E-state index in [1.54, 1.807) is 0 Å². The van der Waals surface area contributed by atoms with E-state index in [0.717, 1.165) is 35.8 Å². The van der Waals surface area contributed by atoms with Crippen LogP contribution in [0.4, 0.5) is 0 Å².